The molecule has 0 unspecified atom stereocenters. The number of para-hydroxylation sites is 1. The summed E-state index contributed by atoms with van der Waals surface area (Å²) in [7, 11) is 0. The molecule has 1 N–H and O–H groups in total. The molecule has 39 heavy (non-hydrogen) atoms. The Balaban J connectivity index is 1.70. The summed E-state index contributed by atoms with van der Waals surface area (Å²) in [6.45, 7) is 9.91. The fourth-order valence-electron chi connectivity index (χ4n) is 4.03. The summed E-state index contributed by atoms with van der Waals surface area (Å²) in [5.74, 6) is -1.24. The van der Waals surface area contributed by atoms with Crippen LogP contribution in [0, 0.1) is 0 Å². The SMILES string of the molecule is CC(C)(C)OC(=O)CN(CC(=O)OC(C)(C)C)Cc1c(O)ccc2cc(-c3nc4ccccc4s3)c(=O)oc12. The molecule has 2 heterocycles. The van der Waals surface area contributed by atoms with Crippen LogP contribution >= 0.6 is 11.3 Å². The van der Waals surface area contributed by atoms with Crippen molar-refractivity contribution in [2.75, 3.05) is 13.1 Å². The number of fused-ring (bicyclic) bond motifs is 2. The van der Waals surface area contributed by atoms with Crippen LogP contribution in [0.4, 0.5) is 0 Å². The third-order valence-corrected chi connectivity index (χ3v) is 6.50. The Bertz CT molecular complexity index is 1530. The largest absolute Gasteiger partial charge is 0.507 e. The van der Waals surface area contributed by atoms with Crippen LogP contribution in [0.2, 0.25) is 0 Å². The number of thiazole rings is 1. The molecule has 0 aliphatic heterocycles. The molecule has 0 aliphatic carbocycles. The highest BCUT2D eigenvalue weighted by molar-refractivity contribution is 7.21. The molecule has 0 radical (unpaired) electrons. The summed E-state index contributed by atoms with van der Waals surface area (Å²) in [5, 5.41) is 11.8. The molecule has 9 nitrogen and oxygen atoms in total. The molecule has 0 atom stereocenters. The number of nitrogens with zero attached hydrogens (tertiary/aromatic N) is 2. The number of carbonyl (C=O) groups is 2. The molecule has 4 rings (SSSR count). The molecule has 0 spiro atoms. The second-order valence-electron chi connectivity index (χ2n) is 11.2. The van der Waals surface area contributed by atoms with Gasteiger partial charge in [0.1, 0.15) is 27.5 Å². The van der Waals surface area contributed by atoms with Crippen LogP contribution in [0.15, 0.2) is 51.7 Å². The quantitative estimate of drug-likeness (QED) is 0.242. The molecule has 0 amide bonds. The average Bonchev–Trinajstić information content (AvgIpc) is 3.22. The topological polar surface area (TPSA) is 119 Å². The molecule has 0 aliphatic rings. The second-order valence-corrected chi connectivity index (χ2v) is 12.3. The number of aromatic hydroxyl groups is 1. The summed E-state index contributed by atoms with van der Waals surface area (Å²) in [6, 6.07) is 12.4. The van der Waals surface area contributed by atoms with E-state index in [1.165, 1.54) is 22.3 Å². The van der Waals surface area contributed by atoms with E-state index < -0.39 is 28.8 Å². The number of phenols is 1. The van der Waals surface area contributed by atoms with Crippen molar-refractivity contribution in [1.82, 2.24) is 9.88 Å². The highest BCUT2D eigenvalue weighted by atomic mass is 32.1. The molecular weight excluding hydrogens is 520 g/mol. The Hall–Kier alpha value is -3.76. The van der Waals surface area contributed by atoms with Crippen LogP contribution in [0.5, 0.6) is 5.75 Å². The van der Waals surface area contributed by atoms with Crippen LogP contribution in [0.25, 0.3) is 31.8 Å². The Labute approximate surface area is 230 Å². The predicted octanol–water partition coefficient (Wildman–Crippen LogP) is 5.26. The zero-order chi connectivity index (χ0) is 28.5. The highest BCUT2D eigenvalue weighted by Gasteiger charge is 2.26. The van der Waals surface area contributed by atoms with E-state index in [1.807, 2.05) is 24.3 Å². The van der Waals surface area contributed by atoms with Crippen molar-refractivity contribution in [3.05, 3.63) is 58.4 Å². The summed E-state index contributed by atoms with van der Waals surface area (Å²) in [6.07, 6.45) is 0. The predicted molar refractivity (Wildman–Crippen MR) is 150 cm³/mol. The van der Waals surface area contributed by atoms with Crippen LogP contribution in [-0.2, 0) is 25.6 Å². The molecule has 0 saturated carbocycles. The van der Waals surface area contributed by atoms with Gasteiger partial charge in [-0.15, -0.1) is 11.3 Å². The third kappa shape index (κ3) is 7.21. The van der Waals surface area contributed by atoms with Crippen molar-refractivity contribution in [3.63, 3.8) is 0 Å². The minimum atomic E-state index is -0.722. The van der Waals surface area contributed by atoms with Gasteiger partial charge >= 0.3 is 17.6 Å². The lowest BCUT2D eigenvalue weighted by atomic mass is 10.1. The zero-order valence-electron chi connectivity index (χ0n) is 22.9. The lowest BCUT2D eigenvalue weighted by Gasteiger charge is -2.26. The van der Waals surface area contributed by atoms with Crippen molar-refractivity contribution < 1.29 is 28.6 Å². The normalized spacial score (nSPS) is 12.3. The average molecular weight is 553 g/mol. The Morgan fingerprint density at radius 2 is 1.59 bits per heavy atom. The molecule has 2 aromatic heterocycles. The Morgan fingerprint density at radius 3 is 2.18 bits per heavy atom. The van der Waals surface area contributed by atoms with E-state index in [-0.39, 0.29) is 36.5 Å². The van der Waals surface area contributed by atoms with Crippen molar-refractivity contribution in [3.8, 4) is 16.3 Å². The molecule has 2 aromatic carbocycles. The molecule has 10 heteroatoms. The number of benzene rings is 2. The maximum atomic E-state index is 13.1. The number of aromatic nitrogens is 1. The van der Waals surface area contributed by atoms with E-state index in [1.54, 1.807) is 53.7 Å². The van der Waals surface area contributed by atoms with Crippen molar-refractivity contribution in [1.29, 1.82) is 0 Å². The van der Waals surface area contributed by atoms with Gasteiger partial charge in [0.25, 0.3) is 0 Å². The van der Waals surface area contributed by atoms with Gasteiger partial charge in [-0.2, -0.15) is 0 Å². The lowest BCUT2D eigenvalue weighted by molar-refractivity contribution is -0.160. The van der Waals surface area contributed by atoms with E-state index in [0.717, 1.165) is 10.2 Å². The first-order valence-corrected chi connectivity index (χ1v) is 13.3. The van der Waals surface area contributed by atoms with Crippen LogP contribution in [-0.4, -0.2) is 51.2 Å². The fourth-order valence-corrected chi connectivity index (χ4v) is 4.99. The summed E-state index contributed by atoms with van der Waals surface area (Å²) in [4.78, 5) is 44.4. The molecule has 4 aromatic rings. The van der Waals surface area contributed by atoms with Crippen LogP contribution in [0.1, 0.15) is 47.1 Å². The van der Waals surface area contributed by atoms with Crippen LogP contribution < -0.4 is 5.63 Å². The molecular formula is C29H32N2O7S. The fraction of sp³-hybridized carbons (Fsp3) is 0.379. The van der Waals surface area contributed by atoms with E-state index in [0.29, 0.717) is 16.0 Å². The van der Waals surface area contributed by atoms with E-state index in [4.69, 9.17) is 13.9 Å². The minimum absolute atomic E-state index is 0.0783. The highest BCUT2D eigenvalue weighted by Crippen LogP contribution is 2.33. The van der Waals surface area contributed by atoms with Crippen LogP contribution in [0.3, 0.4) is 0 Å². The number of hydrogen-bond acceptors (Lipinski definition) is 10. The smallest absolute Gasteiger partial charge is 0.346 e. The first-order chi connectivity index (χ1) is 18.2. The Morgan fingerprint density at radius 1 is 0.974 bits per heavy atom. The van der Waals surface area contributed by atoms with Gasteiger partial charge in [-0.1, -0.05) is 12.1 Å². The van der Waals surface area contributed by atoms with Gasteiger partial charge in [-0.25, -0.2) is 9.78 Å². The molecule has 206 valence electrons. The maximum absolute atomic E-state index is 13.1. The first kappa shape index (κ1) is 28.3. The summed E-state index contributed by atoms with van der Waals surface area (Å²) >= 11 is 1.38. The minimum Gasteiger partial charge on any atom is -0.507 e. The van der Waals surface area contributed by atoms with Crippen molar-refractivity contribution in [2.45, 2.75) is 59.3 Å². The van der Waals surface area contributed by atoms with Gasteiger partial charge in [0.15, 0.2) is 0 Å². The van der Waals surface area contributed by atoms with E-state index in [9.17, 15) is 19.5 Å². The third-order valence-electron chi connectivity index (χ3n) is 5.43. The number of carbonyl (C=O) groups excluding carboxylic acids is 2. The standard InChI is InChI=1S/C29H32N2O7S/c1-28(2,3)37-23(33)15-31(16-24(34)38-29(4,5)6)14-19-21(32)12-11-17-13-18(27(35)36-25(17)19)26-30-20-9-7-8-10-22(20)39-26/h7-13,32H,14-16H2,1-6H3. The van der Waals surface area contributed by atoms with Gasteiger partial charge in [0.05, 0.1) is 34.4 Å². The van der Waals surface area contributed by atoms with E-state index in [2.05, 4.69) is 4.98 Å². The van der Waals surface area contributed by atoms with Gasteiger partial charge in [0.2, 0.25) is 0 Å². The van der Waals surface area contributed by atoms with E-state index >= 15 is 0 Å². The summed E-state index contributed by atoms with van der Waals surface area (Å²) < 4.78 is 17.5. The van der Waals surface area contributed by atoms with Crippen molar-refractivity contribution >= 4 is 44.5 Å². The summed E-state index contributed by atoms with van der Waals surface area (Å²) in [5.41, 5.74) is -0.557. The number of esters is 2. The Kier molecular flexibility index (Phi) is 7.81. The number of rotatable bonds is 7. The number of phenolic OH excluding ortho intramolecular Hbond substituents is 1. The lowest BCUT2D eigenvalue weighted by Crippen LogP contribution is -2.39. The number of hydrogen-bond donors (Lipinski definition) is 1. The monoisotopic (exact) mass is 552 g/mol. The first-order valence-electron chi connectivity index (χ1n) is 12.5. The van der Waals surface area contributed by atoms with Gasteiger partial charge in [-0.05, 0) is 71.9 Å². The molecule has 0 saturated heterocycles. The van der Waals surface area contributed by atoms with Gasteiger partial charge in [-0.3, -0.25) is 14.5 Å². The molecule has 0 fully saturated rings. The number of ether oxygens (including phenoxy) is 2. The van der Waals surface area contributed by atoms with Gasteiger partial charge < -0.3 is 19.0 Å². The maximum Gasteiger partial charge on any atom is 0.346 e. The molecule has 0 bridgehead atoms. The second kappa shape index (κ2) is 10.8. The zero-order valence-corrected chi connectivity index (χ0v) is 23.7. The van der Waals surface area contributed by atoms with Gasteiger partial charge in [0, 0.05) is 11.9 Å². The van der Waals surface area contributed by atoms with Crippen molar-refractivity contribution in [2.24, 2.45) is 0 Å².